The second-order valence-corrected chi connectivity index (χ2v) is 5.23. The summed E-state index contributed by atoms with van der Waals surface area (Å²) < 4.78 is 5.74. The highest BCUT2D eigenvalue weighted by molar-refractivity contribution is 14.0. The molecule has 21 heavy (non-hydrogen) atoms. The lowest BCUT2D eigenvalue weighted by molar-refractivity contribution is 0.328. The lowest BCUT2D eigenvalue weighted by Gasteiger charge is -2.14. The van der Waals surface area contributed by atoms with Crippen molar-refractivity contribution >= 4 is 29.9 Å². The molecule has 0 aliphatic carbocycles. The minimum atomic E-state index is 0. The van der Waals surface area contributed by atoms with Crippen LogP contribution in [0, 0.1) is 13.8 Å². The SMILES string of the molecule is CCNC(=NCCOc1cc(C)cc(C)c1)NC(C)C.I. The van der Waals surface area contributed by atoms with Gasteiger partial charge in [0.05, 0.1) is 6.54 Å². The molecule has 0 aromatic heterocycles. The fourth-order valence-electron chi connectivity index (χ4n) is 1.93. The first-order chi connectivity index (χ1) is 9.51. The number of nitrogens with one attached hydrogen (secondary N) is 2. The molecule has 0 fully saturated rings. The minimum absolute atomic E-state index is 0. The largest absolute Gasteiger partial charge is 0.492 e. The van der Waals surface area contributed by atoms with Crippen LogP contribution in [0.5, 0.6) is 5.75 Å². The zero-order chi connectivity index (χ0) is 15.0. The molecular formula is C16H28IN3O. The summed E-state index contributed by atoms with van der Waals surface area (Å²) in [5.74, 6) is 1.76. The lowest BCUT2D eigenvalue weighted by atomic mass is 10.1. The summed E-state index contributed by atoms with van der Waals surface area (Å²) in [6, 6.07) is 6.61. The maximum absolute atomic E-state index is 5.74. The predicted octanol–water partition coefficient (Wildman–Crippen LogP) is 3.26. The third-order valence-corrected chi connectivity index (χ3v) is 2.59. The Balaban J connectivity index is 0.00000400. The number of aliphatic imine (C=N–C) groups is 1. The number of rotatable bonds is 6. The molecule has 5 heteroatoms. The van der Waals surface area contributed by atoms with Gasteiger partial charge in [-0.15, -0.1) is 24.0 Å². The molecule has 0 saturated carbocycles. The Morgan fingerprint density at radius 2 is 1.81 bits per heavy atom. The second kappa shape index (κ2) is 10.7. The zero-order valence-electron chi connectivity index (χ0n) is 13.7. The lowest BCUT2D eigenvalue weighted by Crippen LogP contribution is -2.41. The second-order valence-electron chi connectivity index (χ2n) is 5.23. The number of guanidine groups is 1. The molecule has 0 bridgehead atoms. The van der Waals surface area contributed by atoms with Crippen molar-refractivity contribution in [1.82, 2.24) is 10.6 Å². The van der Waals surface area contributed by atoms with E-state index in [2.05, 4.69) is 56.3 Å². The maximum Gasteiger partial charge on any atom is 0.191 e. The van der Waals surface area contributed by atoms with Crippen molar-refractivity contribution in [2.24, 2.45) is 4.99 Å². The van der Waals surface area contributed by atoms with E-state index in [4.69, 9.17) is 4.74 Å². The van der Waals surface area contributed by atoms with E-state index in [-0.39, 0.29) is 24.0 Å². The van der Waals surface area contributed by atoms with Gasteiger partial charge in [-0.3, -0.25) is 0 Å². The molecule has 0 unspecified atom stereocenters. The number of benzene rings is 1. The number of hydrogen-bond donors (Lipinski definition) is 2. The standard InChI is InChI=1S/C16H27N3O.HI/c1-6-17-16(19-12(2)3)18-7-8-20-15-10-13(4)9-14(5)11-15;/h9-12H,6-8H2,1-5H3,(H2,17,18,19);1H. The molecule has 0 aliphatic rings. The normalized spacial score (nSPS) is 11.0. The Morgan fingerprint density at radius 3 is 2.33 bits per heavy atom. The molecule has 4 nitrogen and oxygen atoms in total. The third-order valence-electron chi connectivity index (χ3n) is 2.59. The topological polar surface area (TPSA) is 45.7 Å². The smallest absolute Gasteiger partial charge is 0.191 e. The van der Waals surface area contributed by atoms with Crippen LogP contribution in [-0.2, 0) is 0 Å². The Morgan fingerprint density at radius 1 is 1.19 bits per heavy atom. The van der Waals surface area contributed by atoms with Crippen molar-refractivity contribution in [3.8, 4) is 5.75 Å². The first-order valence-electron chi connectivity index (χ1n) is 7.27. The van der Waals surface area contributed by atoms with Gasteiger partial charge in [0.15, 0.2) is 5.96 Å². The fraction of sp³-hybridized carbons (Fsp3) is 0.562. The number of ether oxygens (including phenoxy) is 1. The Hall–Kier alpha value is -0.980. The van der Waals surface area contributed by atoms with Crippen LogP contribution in [0.4, 0.5) is 0 Å². The molecule has 1 aromatic carbocycles. The number of halogens is 1. The molecule has 1 aromatic rings. The van der Waals surface area contributed by atoms with Crippen LogP contribution in [0.2, 0.25) is 0 Å². The molecule has 0 aliphatic heterocycles. The van der Waals surface area contributed by atoms with Crippen LogP contribution >= 0.6 is 24.0 Å². The number of hydrogen-bond acceptors (Lipinski definition) is 2. The van der Waals surface area contributed by atoms with Crippen LogP contribution in [0.1, 0.15) is 31.9 Å². The number of nitrogens with zero attached hydrogens (tertiary/aromatic N) is 1. The third kappa shape index (κ3) is 8.80. The molecular weight excluding hydrogens is 377 g/mol. The molecule has 0 heterocycles. The van der Waals surface area contributed by atoms with Crippen LogP contribution in [-0.4, -0.2) is 31.7 Å². The summed E-state index contributed by atoms with van der Waals surface area (Å²) in [4.78, 5) is 4.48. The van der Waals surface area contributed by atoms with Crippen LogP contribution in [0.15, 0.2) is 23.2 Å². The minimum Gasteiger partial charge on any atom is -0.492 e. The summed E-state index contributed by atoms with van der Waals surface area (Å²) >= 11 is 0. The monoisotopic (exact) mass is 405 g/mol. The Kier molecular flexibility index (Phi) is 10.2. The van der Waals surface area contributed by atoms with Gasteiger partial charge >= 0.3 is 0 Å². The van der Waals surface area contributed by atoms with Crippen molar-refractivity contribution < 1.29 is 4.74 Å². The van der Waals surface area contributed by atoms with Crippen molar-refractivity contribution in [2.75, 3.05) is 19.7 Å². The van der Waals surface area contributed by atoms with Crippen molar-refractivity contribution in [2.45, 2.75) is 40.7 Å². The molecule has 0 spiro atoms. The molecule has 0 amide bonds. The van der Waals surface area contributed by atoms with E-state index in [0.29, 0.717) is 19.2 Å². The van der Waals surface area contributed by atoms with Gasteiger partial charge in [-0.2, -0.15) is 0 Å². The highest BCUT2D eigenvalue weighted by Crippen LogP contribution is 2.15. The summed E-state index contributed by atoms with van der Waals surface area (Å²) in [5, 5.41) is 6.50. The van der Waals surface area contributed by atoms with Gasteiger partial charge in [0.1, 0.15) is 12.4 Å². The van der Waals surface area contributed by atoms with Crippen LogP contribution in [0.25, 0.3) is 0 Å². The molecule has 120 valence electrons. The van der Waals surface area contributed by atoms with E-state index in [0.717, 1.165) is 18.3 Å². The highest BCUT2D eigenvalue weighted by atomic mass is 127. The Bertz CT molecular complexity index is 427. The van der Waals surface area contributed by atoms with Gasteiger partial charge in [-0.05, 0) is 57.9 Å². The zero-order valence-corrected chi connectivity index (χ0v) is 16.0. The maximum atomic E-state index is 5.74. The molecule has 1 rings (SSSR count). The fourth-order valence-corrected chi connectivity index (χ4v) is 1.93. The predicted molar refractivity (Wildman–Crippen MR) is 101 cm³/mol. The van der Waals surface area contributed by atoms with Gasteiger partial charge < -0.3 is 15.4 Å². The average Bonchev–Trinajstić information content (AvgIpc) is 2.33. The number of aryl methyl sites for hydroxylation is 2. The van der Waals surface area contributed by atoms with Crippen LogP contribution in [0.3, 0.4) is 0 Å². The quantitative estimate of drug-likeness (QED) is 0.331. The highest BCUT2D eigenvalue weighted by Gasteiger charge is 2.00. The van der Waals surface area contributed by atoms with E-state index in [1.54, 1.807) is 0 Å². The summed E-state index contributed by atoms with van der Waals surface area (Å²) in [5.41, 5.74) is 2.44. The molecule has 0 radical (unpaired) electrons. The van der Waals surface area contributed by atoms with Crippen LogP contribution < -0.4 is 15.4 Å². The molecule has 0 saturated heterocycles. The van der Waals surface area contributed by atoms with Gasteiger partial charge in [-0.1, -0.05) is 6.07 Å². The van der Waals surface area contributed by atoms with Crippen molar-refractivity contribution in [1.29, 1.82) is 0 Å². The van der Waals surface area contributed by atoms with Gasteiger partial charge in [0, 0.05) is 12.6 Å². The van der Waals surface area contributed by atoms with E-state index < -0.39 is 0 Å². The van der Waals surface area contributed by atoms with E-state index in [1.165, 1.54) is 11.1 Å². The molecule has 2 N–H and O–H groups in total. The Labute approximate surface area is 145 Å². The van der Waals surface area contributed by atoms with Gasteiger partial charge in [-0.25, -0.2) is 4.99 Å². The summed E-state index contributed by atoms with van der Waals surface area (Å²) in [7, 11) is 0. The first-order valence-corrected chi connectivity index (χ1v) is 7.27. The average molecular weight is 405 g/mol. The summed E-state index contributed by atoms with van der Waals surface area (Å²) in [6.45, 7) is 12.5. The van der Waals surface area contributed by atoms with Gasteiger partial charge in [0.25, 0.3) is 0 Å². The van der Waals surface area contributed by atoms with E-state index >= 15 is 0 Å². The van der Waals surface area contributed by atoms with E-state index in [1.807, 2.05) is 12.1 Å². The van der Waals surface area contributed by atoms with E-state index in [9.17, 15) is 0 Å². The summed E-state index contributed by atoms with van der Waals surface area (Å²) in [6.07, 6.45) is 0. The van der Waals surface area contributed by atoms with Gasteiger partial charge in [0.2, 0.25) is 0 Å². The molecule has 0 atom stereocenters. The van der Waals surface area contributed by atoms with Crippen molar-refractivity contribution in [3.05, 3.63) is 29.3 Å². The van der Waals surface area contributed by atoms with Crippen molar-refractivity contribution in [3.63, 3.8) is 0 Å². The first kappa shape index (κ1) is 20.0.